The minimum atomic E-state index is -0.398. The van der Waals surface area contributed by atoms with E-state index >= 15 is 4.39 Å². The van der Waals surface area contributed by atoms with E-state index in [1.54, 1.807) is 41.1 Å². The summed E-state index contributed by atoms with van der Waals surface area (Å²) >= 11 is 0. The number of carbonyl (C=O) groups excluding carboxylic acids is 1. The minimum absolute atomic E-state index is 0.0238. The smallest absolute Gasteiger partial charge is 0.260 e. The maximum atomic E-state index is 15.3. The predicted molar refractivity (Wildman–Crippen MR) is 151 cm³/mol. The van der Waals surface area contributed by atoms with Gasteiger partial charge in [-0.2, -0.15) is 5.26 Å². The highest BCUT2D eigenvalue weighted by atomic mass is 19.1. The summed E-state index contributed by atoms with van der Waals surface area (Å²) in [4.78, 5) is 20.1. The van der Waals surface area contributed by atoms with Crippen molar-refractivity contribution in [3.63, 3.8) is 0 Å². The highest BCUT2D eigenvalue weighted by molar-refractivity contribution is 6.10. The number of ether oxygens (including phenoxy) is 1. The largest absolute Gasteiger partial charge is 0.380 e. The third kappa shape index (κ3) is 5.22. The number of hydrogen-bond acceptors (Lipinski definition) is 7. The van der Waals surface area contributed by atoms with E-state index in [1.807, 2.05) is 32.2 Å². The lowest BCUT2D eigenvalue weighted by Crippen LogP contribution is -2.26. The Balaban J connectivity index is 1.37. The van der Waals surface area contributed by atoms with Crippen LogP contribution in [0.1, 0.15) is 58.4 Å². The average Bonchev–Trinajstić information content (AvgIpc) is 3.67. The third-order valence-corrected chi connectivity index (χ3v) is 7.73. The van der Waals surface area contributed by atoms with Crippen LogP contribution in [0.25, 0.3) is 22.5 Å². The normalized spacial score (nSPS) is 15.2. The number of carbonyl (C=O) groups is 1. The summed E-state index contributed by atoms with van der Waals surface area (Å²) in [6.45, 7) is 3.09. The van der Waals surface area contributed by atoms with Gasteiger partial charge in [0.2, 0.25) is 0 Å². The number of nitriles is 1. The zero-order valence-corrected chi connectivity index (χ0v) is 23.2. The molecule has 0 bridgehead atoms. The first-order chi connectivity index (χ1) is 19.9. The number of aromatic nitrogens is 4. The van der Waals surface area contributed by atoms with Crippen LogP contribution in [0.3, 0.4) is 0 Å². The first kappa shape index (κ1) is 26.7. The Hall–Kier alpha value is -4.46. The SMILES string of the molecule is CO[C@@H](C)CNCc1cc(F)c2c(c1)C(=O)N(c1cc(-c3ccc(C#N)cc3-c3nncn3C)cc(C3CC3)n1)C2. The molecule has 1 saturated carbocycles. The van der Waals surface area contributed by atoms with Crippen LogP contribution in [0.5, 0.6) is 0 Å². The molecule has 1 aliphatic heterocycles. The van der Waals surface area contributed by atoms with Gasteiger partial charge in [-0.15, -0.1) is 10.2 Å². The quantitative estimate of drug-likeness (QED) is 0.321. The number of nitrogens with one attached hydrogen (secondary N) is 1. The van der Waals surface area contributed by atoms with Crippen LogP contribution in [0.15, 0.2) is 48.8 Å². The topological polar surface area (TPSA) is 109 Å². The van der Waals surface area contributed by atoms with E-state index in [4.69, 9.17) is 9.72 Å². The summed E-state index contributed by atoms with van der Waals surface area (Å²) in [7, 11) is 3.49. The molecule has 0 saturated heterocycles. The zero-order chi connectivity index (χ0) is 28.7. The standard InChI is InChI=1S/C31H30FN7O2/c1-18(41-3)14-34-15-20-9-25-26(27(32)10-20)16-39(31(25)40)29-12-22(11-28(36-29)21-5-6-21)23-7-4-19(13-33)8-24(23)30-37-35-17-38(30)2/h4,7-12,17-18,21,34H,5-6,14-16H2,1-3H3/t18-/m0/s1. The molecule has 0 spiro atoms. The second-order valence-electron chi connectivity index (χ2n) is 10.7. The summed E-state index contributed by atoms with van der Waals surface area (Å²) in [5, 5.41) is 21.1. The van der Waals surface area contributed by atoms with E-state index in [1.165, 1.54) is 6.07 Å². The van der Waals surface area contributed by atoms with E-state index in [2.05, 4.69) is 21.6 Å². The van der Waals surface area contributed by atoms with Gasteiger partial charge in [0, 0.05) is 55.5 Å². The fourth-order valence-corrected chi connectivity index (χ4v) is 5.21. The summed E-state index contributed by atoms with van der Waals surface area (Å²) in [5.74, 6) is 0.744. The fraction of sp³-hybridized carbons (Fsp3) is 0.323. The van der Waals surface area contributed by atoms with Gasteiger partial charge in [0.15, 0.2) is 5.82 Å². The molecule has 41 heavy (non-hydrogen) atoms. The number of fused-ring (bicyclic) bond motifs is 1. The average molecular weight is 552 g/mol. The lowest BCUT2D eigenvalue weighted by Gasteiger charge is -2.18. The number of methoxy groups -OCH3 is 1. The van der Waals surface area contributed by atoms with Crippen molar-refractivity contribution in [2.24, 2.45) is 7.05 Å². The number of benzene rings is 2. The molecule has 10 heteroatoms. The van der Waals surface area contributed by atoms with Gasteiger partial charge in [-0.25, -0.2) is 9.37 Å². The maximum absolute atomic E-state index is 15.3. The minimum Gasteiger partial charge on any atom is -0.380 e. The lowest BCUT2D eigenvalue weighted by molar-refractivity contribution is 0.0995. The molecule has 1 atom stereocenters. The van der Waals surface area contributed by atoms with Crippen molar-refractivity contribution in [2.45, 2.75) is 44.9 Å². The van der Waals surface area contributed by atoms with Gasteiger partial charge in [0.1, 0.15) is 18.0 Å². The van der Waals surface area contributed by atoms with Crippen molar-refractivity contribution < 1.29 is 13.9 Å². The molecule has 1 N–H and O–H groups in total. The molecule has 1 amide bonds. The van der Waals surface area contributed by atoms with Gasteiger partial charge < -0.3 is 14.6 Å². The molecular weight excluding hydrogens is 521 g/mol. The van der Waals surface area contributed by atoms with Crippen LogP contribution in [0, 0.1) is 17.1 Å². The molecule has 1 fully saturated rings. The molecule has 208 valence electrons. The Morgan fingerprint density at radius 1 is 1.17 bits per heavy atom. The molecule has 0 radical (unpaired) electrons. The number of hydrogen-bond donors (Lipinski definition) is 1. The predicted octanol–water partition coefficient (Wildman–Crippen LogP) is 4.72. The highest BCUT2D eigenvalue weighted by Gasteiger charge is 2.34. The molecule has 2 aromatic carbocycles. The van der Waals surface area contributed by atoms with Gasteiger partial charge in [0.25, 0.3) is 5.91 Å². The monoisotopic (exact) mass is 551 g/mol. The maximum Gasteiger partial charge on any atom is 0.260 e. The fourth-order valence-electron chi connectivity index (χ4n) is 5.21. The van der Waals surface area contributed by atoms with Crippen molar-refractivity contribution in [1.82, 2.24) is 25.1 Å². The van der Waals surface area contributed by atoms with Crippen LogP contribution in [-0.2, 0) is 24.9 Å². The van der Waals surface area contributed by atoms with Gasteiger partial charge in [0.05, 0.1) is 24.3 Å². The summed E-state index contributed by atoms with van der Waals surface area (Å²) < 4.78 is 22.3. The molecule has 4 aromatic rings. The molecule has 2 aliphatic rings. The second kappa shape index (κ2) is 10.8. The second-order valence-corrected chi connectivity index (χ2v) is 10.7. The van der Waals surface area contributed by atoms with Crippen LogP contribution in [0.2, 0.25) is 0 Å². The first-order valence-corrected chi connectivity index (χ1v) is 13.6. The Kier molecular flexibility index (Phi) is 7.07. The van der Waals surface area contributed by atoms with Gasteiger partial charge in [-0.3, -0.25) is 9.69 Å². The summed E-state index contributed by atoms with van der Waals surface area (Å²) in [5.41, 5.74) is 5.29. The van der Waals surface area contributed by atoms with Crippen LogP contribution < -0.4 is 10.2 Å². The number of nitrogens with zero attached hydrogens (tertiary/aromatic N) is 6. The van der Waals surface area contributed by atoms with E-state index in [0.29, 0.717) is 52.9 Å². The number of rotatable bonds is 9. The first-order valence-electron chi connectivity index (χ1n) is 13.6. The molecular formula is C31H30FN7O2. The van der Waals surface area contributed by atoms with E-state index < -0.39 is 5.82 Å². The van der Waals surface area contributed by atoms with Gasteiger partial charge >= 0.3 is 0 Å². The number of amides is 1. The molecule has 0 unspecified atom stereocenters. The number of anilines is 1. The lowest BCUT2D eigenvalue weighted by atomic mass is 9.96. The highest BCUT2D eigenvalue weighted by Crippen LogP contribution is 2.43. The van der Waals surface area contributed by atoms with Crippen LogP contribution >= 0.6 is 0 Å². The van der Waals surface area contributed by atoms with Crippen molar-refractivity contribution in [3.05, 3.63) is 82.6 Å². The van der Waals surface area contributed by atoms with Crippen molar-refractivity contribution >= 4 is 11.7 Å². The summed E-state index contributed by atoms with van der Waals surface area (Å²) in [6, 6.07) is 14.8. The molecule has 9 nitrogen and oxygen atoms in total. The number of aryl methyl sites for hydroxylation is 1. The molecule has 1 aliphatic carbocycles. The number of pyridine rings is 1. The van der Waals surface area contributed by atoms with E-state index in [-0.39, 0.29) is 18.6 Å². The van der Waals surface area contributed by atoms with E-state index in [9.17, 15) is 10.1 Å². The Labute approximate surface area is 237 Å². The molecule has 2 aromatic heterocycles. The molecule has 6 rings (SSSR count). The van der Waals surface area contributed by atoms with Crippen LogP contribution in [-0.4, -0.2) is 45.4 Å². The Morgan fingerprint density at radius 3 is 2.71 bits per heavy atom. The zero-order valence-electron chi connectivity index (χ0n) is 23.2. The Morgan fingerprint density at radius 2 is 2.00 bits per heavy atom. The van der Waals surface area contributed by atoms with Gasteiger partial charge in [-0.05, 0) is 72.9 Å². The number of halogens is 1. The summed E-state index contributed by atoms with van der Waals surface area (Å²) in [6.07, 6.45) is 3.69. The molecule has 3 heterocycles. The van der Waals surface area contributed by atoms with Crippen molar-refractivity contribution in [1.29, 1.82) is 5.26 Å². The van der Waals surface area contributed by atoms with Crippen molar-refractivity contribution in [3.8, 4) is 28.6 Å². The van der Waals surface area contributed by atoms with E-state index in [0.717, 1.165) is 35.2 Å². The third-order valence-electron chi connectivity index (χ3n) is 7.73. The van der Waals surface area contributed by atoms with Crippen LogP contribution in [0.4, 0.5) is 10.2 Å². The van der Waals surface area contributed by atoms with Gasteiger partial charge in [-0.1, -0.05) is 6.07 Å². The Bertz CT molecular complexity index is 1690. The van der Waals surface area contributed by atoms with Crippen molar-refractivity contribution in [2.75, 3.05) is 18.6 Å².